The number of para-hydroxylation sites is 1. The predicted molar refractivity (Wildman–Crippen MR) is 70.4 cm³/mol. The maximum atomic E-state index is 13.4. The molecule has 0 spiro atoms. The summed E-state index contributed by atoms with van der Waals surface area (Å²) in [4.78, 5) is 1.01. The van der Waals surface area contributed by atoms with Gasteiger partial charge in [0.05, 0.1) is 9.83 Å². The summed E-state index contributed by atoms with van der Waals surface area (Å²) in [6.45, 7) is 1.87. The largest absolute Gasteiger partial charge is 0.373 e. The lowest BCUT2D eigenvalue weighted by molar-refractivity contribution is 0.585. The van der Waals surface area contributed by atoms with E-state index in [4.69, 9.17) is 0 Å². The van der Waals surface area contributed by atoms with Crippen molar-refractivity contribution >= 4 is 33.0 Å². The van der Waals surface area contributed by atoms with Gasteiger partial charge in [0.1, 0.15) is 17.3 Å². The highest BCUT2D eigenvalue weighted by Gasteiger charge is 2.13. The number of hydrogen-bond acceptors (Lipinski definition) is 2. The van der Waals surface area contributed by atoms with Crippen LogP contribution in [0.3, 0.4) is 0 Å². The molecule has 0 radical (unpaired) electrons. The summed E-state index contributed by atoms with van der Waals surface area (Å²) in [7, 11) is 0. The number of nitrogens with one attached hydrogen (secondary N) is 1. The molecule has 0 amide bonds. The van der Waals surface area contributed by atoms with Gasteiger partial charge in [-0.1, -0.05) is 6.07 Å². The zero-order chi connectivity index (χ0) is 12.4. The molecule has 2 rings (SSSR count). The van der Waals surface area contributed by atoms with E-state index >= 15 is 0 Å². The standard InChI is InChI=1S/C12H10BrF2NS/c1-7(10-5-6-11(13)17-10)16-12-8(14)3-2-4-9(12)15/h2-7,16H,1H3. The lowest BCUT2D eigenvalue weighted by Crippen LogP contribution is -2.08. The van der Waals surface area contributed by atoms with E-state index in [0.29, 0.717) is 0 Å². The van der Waals surface area contributed by atoms with Gasteiger partial charge < -0.3 is 5.32 Å². The molecule has 0 fully saturated rings. The van der Waals surface area contributed by atoms with Gasteiger partial charge in [0, 0.05) is 4.88 Å². The molecule has 0 aliphatic rings. The Morgan fingerprint density at radius 3 is 2.35 bits per heavy atom. The van der Waals surface area contributed by atoms with Crippen molar-refractivity contribution in [3.8, 4) is 0 Å². The summed E-state index contributed by atoms with van der Waals surface area (Å²) in [6.07, 6.45) is 0. The van der Waals surface area contributed by atoms with Crippen LogP contribution in [-0.4, -0.2) is 0 Å². The SMILES string of the molecule is CC(Nc1c(F)cccc1F)c1ccc(Br)s1. The van der Waals surface area contributed by atoms with Gasteiger partial charge in [0.2, 0.25) is 0 Å². The van der Waals surface area contributed by atoms with Gasteiger partial charge in [0.15, 0.2) is 0 Å². The van der Waals surface area contributed by atoms with Crippen molar-refractivity contribution in [2.45, 2.75) is 13.0 Å². The molecule has 1 atom stereocenters. The molecule has 0 saturated carbocycles. The number of rotatable bonds is 3. The van der Waals surface area contributed by atoms with Gasteiger partial charge in [-0.25, -0.2) is 8.78 Å². The number of halogens is 3. The molecule has 1 aromatic heterocycles. The zero-order valence-corrected chi connectivity index (χ0v) is 11.4. The van der Waals surface area contributed by atoms with Crippen LogP contribution in [0.25, 0.3) is 0 Å². The van der Waals surface area contributed by atoms with Crippen molar-refractivity contribution < 1.29 is 8.78 Å². The maximum Gasteiger partial charge on any atom is 0.149 e. The second-order valence-corrected chi connectivity index (χ2v) is 6.10. The molecular weight excluding hydrogens is 308 g/mol. The minimum Gasteiger partial charge on any atom is -0.373 e. The first-order chi connectivity index (χ1) is 8.08. The fraction of sp³-hybridized carbons (Fsp3) is 0.167. The molecule has 0 aliphatic carbocycles. The minimum absolute atomic E-state index is 0.0791. The van der Waals surface area contributed by atoms with Gasteiger partial charge in [-0.3, -0.25) is 0 Å². The Bertz CT molecular complexity index is 507. The van der Waals surface area contributed by atoms with Crippen molar-refractivity contribution in [3.63, 3.8) is 0 Å². The van der Waals surface area contributed by atoms with Gasteiger partial charge in [-0.15, -0.1) is 11.3 Å². The highest BCUT2D eigenvalue weighted by atomic mass is 79.9. The monoisotopic (exact) mass is 317 g/mol. The van der Waals surface area contributed by atoms with Crippen LogP contribution in [0, 0.1) is 11.6 Å². The highest BCUT2D eigenvalue weighted by Crippen LogP contribution is 2.30. The Hall–Kier alpha value is -0.940. The number of thiophene rings is 1. The molecule has 5 heteroatoms. The summed E-state index contributed by atoms with van der Waals surface area (Å²) < 4.78 is 27.8. The predicted octanol–water partition coefficient (Wildman–Crippen LogP) is 4.96. The summed E-state index contributed by atoms with van der Waals surface area (Å²) in [5.41, 5.74) is -0.0791. The zero-order valence-electron chi connectivity index (χ0n) is 9.01. The lowest BCUT2D eigenvalue weighted by atomic mass is 10.2. The Morgan fingerprint density at radius 1 is 1.18 bits per heavy atom. The minimum atomic E-state index is -0.576. The van der Waals surface area contributed by atoms with Crippen LogP contribution < -0.4 is 5.32 Å². The van der Waals surface area contributed by atoms with Gasteiger partial charge in [0.25, 0.3) is 0 Å². The molecule has 0 aliphatic heterocycles. The van der Waals surface area contributed by atoms with E-state index in [0.717, 1.165) is 8.66 Å². The molecule has 1 nitrogen and oxygen atoms in total. The maximum absolute atomic E-state index is 13.4. The quantitative estimate of drug-likeness (QED) is 0.843. The van der Waals surface area contributed by atoms with Crippen molar-refractivity contribution in [1.29, 1.82) is 0 Å². The van der Waals surface area contributed by atoms with Crippen LogP contribution in [0.15, 0.2) is 34.1 Å². The molecule has 17 heavy (non-hydrogen) atoms. The summed E-state index contributed by atoms with van der Waals surface area (Å²) in [5.74, 6) is -1.15. The Kier molecular flexibility index (Phi) is 3.79. The first-order valence-corrected chi connectivity index (χ1v) is 6.64. The molecule has 0 bridgehead atoms. The third-order valence-electron chi connectivity index (χ3n) is 2.34. The first-order valence-electron chi connectivity index (χ1n) is 5.03. The summed E-state index contributed by atoms with van der Waals surface area (Å²) in [6, 6.07) is 7.52. The topological polar surface area (TPSA) is 12.0 Å². The molecule has 1 unspecified atom stereocenters. The van der Waals surface area contributed by atoms with Crippen LogP contribution in [0.2, 0.25) is 0 Å². The van der Waals surface area contributed by atoms with E-state index in [2.05, 4.69) is 21.2 Å². The lowest BCUT2D eigenvalue weighted by Gasteiger charge is -2.14. The van der Waals surface area contributed by atoms with Crippen LogP contribution >= 0.6 is 27.3 Å². The third kappa shape index (κ3) is 2.84. The van der Waals surface area contributed by atoms with Crippen LogP contribution in [0.4, 0.5) is 14.5 Å². The summed E-state index contributed by atoms with van der Waals surface area (Å²) >= 11 is 4.89. The fourth-order valence-corrected chi connectivity index (χ4v) is 2.91. The molecule has 90 valence electrons. The van der Waals surface area contributed by atoms with E-state index in [1.165, 1.54) is 29.5 Å². The Balaban J connectivity index is 2.21. The normalized spacial score (nSPS) is 12.5. The van der Waals surface area contributed by atoms with Gasteiger partial charge in [-0.2, -0.15) is 0 Å². The summed E-state index contributed by atoms with van der Waals surface area (Å²) in [5, 5.41) is 2.85. The second kappa shape index (κ2) is 5.14. The van der Waals surface area contributed by atoms with Crippen molar-refractivity contribution in [2.24, 2.45) is 0 Å². The Labute approximate surface area is 111 Å². The van der Waals surface area contributed by atoms with Crippen molar-refractivity contribution in [1.82, 2.24) is 0 Å². The van der Waals surface area contributed by atoms with Gasteiger partial charge >= 0.3 is 0 Å². The molecule has 1 heterocycles. The van der Waals surface area contributed by atoms with Crippen molar-refractivity contribution in [2.75, 3.05) is 5.32 Å². The fourth-order valence-electron chi connectivity index (χ4n) is 1.48. The van der Waals surface area contributed by atoms with Crippen LogP contribution in [-0.2, 0) is 0 Å². The van der Waals surface area contributed by atoms with E-state index in [1.807, 2.05) is 19.1 Å². The second-order valence-electron chi connectivity index (χ2n) is 3.60. The van der Waals surface area contributed by atoms with Crippen molar-refractivity contribution in [3.05, 3.63) is 50.6 Å². The molecule has 1 aromatic carbocycles. The molecular formula is C12H10BrF2NS. The van der Waals surface area contributed by atoms with E-state index in [9.17, 15) is 8.78 Å². The number of anilines is 1. The molecule has 0 saturated heterocycles. The highest BCUT2D eigenvalue weighted by molar-refractivity contribution is 9.11. The van der Waals surface area contributed by atoms with Gasteiger partial charge in [-0.05, 0) is 47.1 Å². The number of benzene rings is 1. The van der Waals surface area contributed by atoms with E-state index in [-0.39, 0.29) is 11.7 Å². The smallest absolute Gasteiger partial charge is 0.149 e. The molecule has 1 N–H and O–H groups in total. The van der Waals surface area contributed by atoms with Crippen LogP contribution in [0.1, 0.15) is 17.8 Å². The first kappa shape index (κ1) is 12.5. The number of hydrogen-bond donors (Lipinski definition) is 1. The average molecular weight is 318 g/mol. The Morgan fingerprint density at radius 2 is 1.82 bits per heavy atom. The average Bonchev–Trinajstić information content (AvgIpc) is 2.70. The van der Waals surface area contributed by atoms with Crippen LogP contribution in [0.5, 0.6) is 0 Å². The van der Waals surface area contributed by atoms with E-state index in [1.54, 1.807) is 0 Å². The third-order valence-corrected chi connectivity index (χ3v) is 4.15. The molecule has 2 aromatic rings. The van der Waals surface area contributed by atoms with E-state index < -0.39 is 11.6 Å².